The third-order valence-electron chi connectivity index (χ3n) is 17.6. The van der Waals surface area contributed by atoms with Crippen LogP contribution in [0.3, 0.4) is 0 Å². The summed E-state index contributed by atoms with van der Waals surface area (Å²) in [6.45, 7) is 47.8. The van der Waals surface area contributed by atoms with Crippen LogP contribution in [0.25, 0.3) is 33.3 Å². The number of nitrogens with zero attached hydrogens (tertiary/aromatic N) is 7. The second-order valence-electron chi connectivity index (χ2n) is 25.1. The number of nitrogens with two attached hydrogens (primary N) is 1. The molecule has 5 atom stereocenters. The molecular formula is C71H103N9. The van der Waals surface area contributed by atoms with Crippen LogP contribution < -0.4 is 16.0 Å². The lowest BCUT2D eigenvalue weighted by molar-refractivity contribution is 0.225. The molecule has 1 saturated carbocycles. The number of piperazine rings is 1. The number of nitrogens with one attached hydrogen (secondary N) is 1. The highest BCUT2D eigenvalue weighted by Gasteiger charge is 2.34. The van der Waals surface area contributed by atoms with Crippen molar-refractivity contribution in [2.45, 2.75) is 158 Å². The van der Waals surface area contributed by atoms with E-state index in [-0.39, 0.29) is 23.4 Å². The van der Waals surface area contributed by atoms with Crippen molar-refractivity contribution in [2.24, 2.45) is 28.9 Å². The SMILES string of the molecule is C=C(C)CCC(C)(C)Cc1c(-c2cc(N3CCN(C)CC3)cnc2C(C)CC)n(CC)c2cc(C#N)c(-c3cc(C)cc(CC(NC(=C)C(C(C)C)N(C)C(=C)C4CCCC4C)C(=C)N(C)CCCCN)c3)cc12.c1ccccc1. The number of aryl methyl sites for hydroxylation is 2. The molecule has 9 heteroatoms. The van der Waals surface area contributed by atoms with Crippen LogP contribution in [0.1, 0.15) is 148 Å². The molecule has 7 rings (SSSR count). The van der Waals surface area contributed by atoms with Crippen LogP contribution in [0.2, 0.25) is 0 Å². The Bertz CT molecular complexity index is 2880. The molecule has 2 aliphatic rings. The van der Waals surface area contributed by atoms with Gasteiger partial charge in [-0.15, -0.1) is 6.58 Å². The third kappa shape index (κ3) is 15.9. The monoisotopic (exact) mass is 1080 g/mol. The number of nitriles is 1. The van der Waals surface area contributed by atoms with Gasteiger partial charge in [-0.3, -0.25) is 4.98 Å². The van der Waals surface area contributed by atoms with E-state index in [1.165, 1.54) is 64.0 Å². The van der Waals surface area contributed by atoms with E-state index >= 15 is 0 Å². The summed E-state index contributed by atoms with van der Waals surface area (Å²) in [6, 6.07) is 28.5. The van der Waals surface area contributed by atoms with Crippen LogP contribution in [0, 0.1) is 41.4 Å². The molecular weight excluding hydrogens is 979 g/mol. The lowest BCUT2D eigenvalue weighted by Crippen LogP contribution is -2.47. The largest absolute Gasteiger partial charge is 0.379 e. The highest BCUT2D eigenvalue weighted by atomic mass is 15.3. The highest BCUT2D eigenvalue weighted by Crippen LogP contribution is 2.45. The van der Waals surface area contributed by atoms with Gasteiger partial charge in [0.25, 0.3) is 0 Å². The smallest absolute Gasteiger partial charge is 0.0998 e. The van der Waals surface area contributed by atoms with E-state index < -0.39 is 0 Å². The normalized spacial score (nSPS) is 16.9. The Morgan fingerprint density at radius 3 is 2.16 bits per heavy atom. The van der Waals surface area contributed by atoms with Crippen molar-refractivity contribution < 1.29 is 0 Å². The first-order valence-corrected chi connectivity index (χ1v) is 30.4. The fourth-order valence-electron chi connectivity index (χ4n) is 12.6. The van der Waals surface area contributed by atoms with Gasteiger partial charge in [-0.25, -0.2) is 0 Å². The molecule has 80 heavy (non-hydrogen) atoms. The topological polar surface area (TPSA) is 92.6 Å². The maximum absolute atomic E-state index is 11.2. The van der Waals surface area contributed by atoms with Gasteiger partial charge < -0.3 is 35.2 Å². The van der Waals surface area contributed by atoms with Crippen LogP contribution in [-0.4, -0.2) is 96.7 Å². The summed E-state index contributed by atoms with van der Waals surface area (Å²) in [6.07, 6.45) is 12.4. The Hall–Kier alpha value is -6.08. The van der Waals surface area contributed by atoms with Crippen LogP contribution in [0.15, 0.2) is 128 Å². The number of benzene rings is 3. The van der Waals surface area contributed by atoms with E-state index in [0.29, 0.717) is 36.3 Å². The average molecular weight is 1080 g/mol. The zero-order chi connectivity index (χ0) is 58.4. The van der Waals surface area contributed by atoms with Gasteiger partial charge in [0.05, 0.1) is 52.5 Å². The maximum atomic E-state index is 11.2. The van der Waals surface area contributed by atoms with Gasteiger partial charge in [0.1, 0.15) is 0 Å². The number of hydrogen-bond acceptors (Lipinski definition) is 8. The summed E-state index contributed by atoms with van der Waals surface area (Å²) in [4.78, 5) is 15.0. The fourth-order valence-corrected chi connectivity index (χ4v) is 12.6. The van der Waals surface area contributed by atoms with Gasteiger partial charge >= 0.3 is 0 Å². The van der Waals surface area contributed by atoms with Gasteiger partial charge in [-0.1, -0.05) is 147 Å². The Kier molecular flexibility index (Phi) is 22.9. The molecule has 1 saturated heterocycles. The van der Waals surface area contributed by atoms with Crippen LogP contribution in [0.5, 0.6) is 0 Å². The molecule has 1 aliphatic heterocycles. The van der Waals surface area contributed by atoms with E-state index in [9.17, 15) is 5.26 Å². The summed E-state index contributed by atoms with van der Waals surface area (Å²) >= 11 is 0. The van der Waals surface area contributed by atoms with Crippen molar-refractivity contribution in [3.63, 3.8) is 0 Å². The number of unbranched alkanes of at least 4 members (excludes halogenated alkanes) is 1. The van der Waals surface area contributed by atoms with Gasteiger partial charge in [-0.05, 0) is 144 Å². The molecule has 432 valence electrons. The number of aromatic nitrogens is 2. The standard InChI is InChI=1S/C65H97N9.C6H6/c1-18-46(8)62-58(38-54(42-68-62)73-31-29-70(15)30-32-73)64-59(40-65(13,14)26-25-43(3)4)57-39-56(53(41-67)37-61(57)74(64)19-2)52-34-45(7)33-51(35-52)36-60(50(12)71(16)28-21-20-27-66)69-48(10)63(44(5)6)72(17)49(11)55-24-22-23-47(55)9;1-2-4-6-5-3-1/h33-35,37-39,42,44,46-47,55,60,63,69H,3,10-12,18-32,36,40,66H2,1-2,4-9,13-17H3;1-6H. The van der Waals surface area contributed by atoms with Crippen LogP contribution >= 0.6 is 0 Å². The lowest BCUT2D eigenvalue weighted by Gasteiger charge is -2.40. The predicted octanol–water partition coefficient (Wildman–Crippen LogP) is 15.6. The van der Waals surface area contributed by atoms with Crippen molar-refractivity contribution in [3.05, 3.63) is 156 Å². The second kappa shape index (κ2) is 29.1. The molecule has 3 aromatic carbocycles. The van der Waals surface area contributed by atoms with Crippen molar-refractivity contribution in [1.29, 1.82) is 5.26 Å². The molecule has 3 heterocycles. The summed E-state index contributed by atoms with van der Waals surface area (Å²) < 4.78 is 2.49. The van der Waals surface area contributed by atoms with E-state index in [4.69, 9.17) is 30.5 Å². The van der Waals surface area contributed by atoms with Crippen LogP contribution in [-0.2, 0) is 19.4 Å². The molecule has 0 spiro atoms. The molecule has 0 amide bonds. The quantitative estimate of drug-likeness (QED) is 0.0418. The number of hydrogen-bond donors (Lipinski definition) is 2. The Balaban J connectivity index is 0.00000161. The molecule has 5 unspecified atom stereocenters. The Morgan fingerprint density at radius 2 is 1.59 bits per heavy atom. The van der Waals surface area contributed by atoms with E-state index in [1.807, 2.05) is 36.4 Å². The molecule has 0 bridgehead atoms. The van der Waals surface area contributed by atoms with Gasteiger partial charge in [0, 0.05) is 92.9 Å². The summed E-state index contributed by atoms with van der Waals surface area (Å²) in [5.74, 6) is 1.70. The summed E-state index contributed by atoms with van der Waals surface area (Å²) in [5.41, 5.74) is 22.6. The molecule has 0 radical (unpaired) electrons. The maximum Gasteiger partial charge on any atom is 0.0998 e. The molecule has 1 aliphatic carbocycles. The first-order chi connectivity index (χ1) is 38.1. The Morgan fingerprint density at radius 1 is 0.912 bits per heavy atom. The predicted molar refractivity (Wildman–Crippen MR) is 344 cm³/mol. The van der Waals surface area contributed by atoms with Crippen molar-refractivity contribution >= 4 is 16.6 Å². The second-order valence-corrected chi connectivity index (χ2v) is 25.1. The average Bonchev–Trinajstić information content (AvgIpc) is 4.01. The van der Waals surface area contributed by atoms with E-state index in [2.05, 4.69) is 175 Å². The minimum atomic E-state index is -0.129. The molecule has 9 nitrogen and oxygen atoms in total. The lowest BCUT2D eigenvalue weighted by atomic mass is 9.79. The fraction of sp³-hybridized carbons (Fsp3) is 0.521. The first kappa shape index (κ1) is 63.1. The minimum Gasteiger partial charge on any atom is -0.379 e. The summed E-state index contributed by atoms with van der Waals surface area (Å²) in [7, 11) is 6.58. The number of pyridine rings is 1. The number of fused-ring (bicyclic) bond motifs is 1. The number of allylic oxidation sites excluding steroid dienone is 2. The van der Waals surface area contributed by atoms with Gasteiger partial charge in [0.15, 0.2) is 0 Å². The highest BCUT2D eigenvalue weighted by molar-refractivity contribution is 5.97. The summed E-state index contributed by atoms with van der Waals surface area (Å²) in [5, 5.41) is 16.4. The van der Waals surface area contributed by atoms with E-state index in [1.54, 1.807) is 0 Å². The number of anilines is 1. The minimum absolute atomic E-state index is 0.0262. The van der Waals surface area contributed by atoms with E-state index in [0.717, 1.165) is 117 Å². The Labute approximate surface area is 485 Å². The molecule has 3 N–H and O–H groups in total. The van der Waals surface area contributed by atoms with Crippen molar-refractivity contribution in [3.8, 4) is 28.5 Å². The number of likely N-dealkylation sites (N-methyl/N-ethyl adjacent to an activating group) is 3. The zero-order valence-corrected chi connectivity index (χ0v) is 52.0. The molecule has 5 aromatic rings. The molecule has 2 aromatic heterocycles. The van der Waals surface area contributed by atoms with Crippen LogP contribution in [0.4, 0.5) is 5.69 Å². The van der Waals surface area contributed by atoms with Gasteiger partial charge in [-0.2, -0.15) is 5.26 Å². The zero-order valence-electron chi connectivity index (χ0n) is 52.0. The van der Waals surface area contributed by atoms with Crippen molar-refractivity contribution in [1.82, 2.24) is 29.6 Å². The molecule has 2 fully saturated rings. The number of rotatable bonds is 26. The van der Waals surface area contributed by atoms with Gasteiger partial charge in [0.2, 0.25) is 0 Å². The third-order valence-corrected chi connectivity index (χ3v) is 17.6. The first-order valence-electron chi connectivity index (χ1n) is 30.4. The van der Waals surface area contributed by atoms with Crippen molar-refractivity contribution in [2.75, 3.05) is 65.3 Å².